The number of amides is 1. The molecule has 3 rings (SSSR count). The summed E-state index contributed by atoms with van der Waals surface area (Å²) in [5.41, 5.74) is 7.29. The summed E-state index contributed by atoms with van der Waals surface area (Å²) < 4.78 is 5.84. The van der Waals surface area contributed by atoms with Crippen LogP contribution in [0.5, 0.6) is 0 Å². The van der Waals surface area contributed by atoms with E-state index in [2.05, 4.69) is 15.8 Å². The largest absolute Gasteiger partial charge is 0.478 e. The fraction of sp³-hybridized carbons (Fsp3) is 0.263. The number of rotatable bonds is 5. The second-order valence-corrected chi connectivity index (χ2v) is 6.70. The van der Waals surface area contributed by atoms with E-state index < -0.39 is 11.9 Å². The van der Waals surface area contributed by atoms with E-state index in [0.29, 0.717) is 24.7 Å². The van der Waals surface area contributed by atoms with Crippen LogP contribution in [0.15, 0.2) is 42.5 Å². The molecule has 0 spiro atoms. The Balaban J connectivity index is 1.92. The number of hydrogen-bond acceptors (Lipinski definition) is 6. The highest BCUT2D eigenvalue weighted by atomic mass is 16.5. The number of nitrogens with one attached hydrogen (secondary N) is 2. The van der Waals surface area contributed by atoms with Gasteiger partial charge in [0.1, 0.15) is 0 Å². The lowest BCUT2D eigenvalue weighted by Crippen LogP contribution is -2.35. The molecule has 8 heteroatoms. The van der Waals surface area contributed by atoms with Gasteiger partial charge >= 0.3 is 5.97 Å². The number of carbonyl (C=O) groups excluding carboxylic acids is 1. The third kappa shape index (κ3) is 4.68. The molecule has 0 saturated carbocycles. The molecule has 8 nitrogen and oxygen atoms in total. The molecule has 0 radical (unpaired) electrons. The fourth-order valence-electron chi connectivity index (χ4n) is 2.68. The van der Waals surface area contributed by atoms with Gasteiger partial charge in [-0.15, -0.1) is 0 Å². The standard InChI is InChI=1S/C19H20N4O4/c1-19(2)10-14-13(11-27-19)18(23-22-15(24)8-9-16(25)26)21-17(20-14)12-6-4-3-5-7-12/h3-9H,10-11H2,1-2H3,(H,22,24)(H,25,26)(H,20,21,23). The van der Waals surface area contributed by atoms with E-state index in [4.69, 9.17) is 14.8 Å². The van der Waals surface area contributed by atoms with Crippen LogP contribution in [-0.2, 0) is 27.4 Å². The van der Waals surface area contributed by atoms with Crippen molar-refractivity contribution >= 4 is 17.7 Å². The first-order valence-corrected chi connectivity index (χ1v) is 8.40. The molecule has 0 atom stereocenters. The molecule has 1 amide bonds. The van der Waals surface area contributed by atoms with Crippen molar-refractivity contribution in [2.75, 3.05) is 5.43 Å². The predicted molar refractivity (Wildman–Crippen MR) is 98.6 cm³/mol. The monoisotopic (exact) mass is 368 g/mol. The van der Waals surface area contributed by atoms with Gasteiger partial charge < -0.3 is 9.84 Å². The molecular weight excluding hydrogens is 348 g/mol. The zero-order valence-electron chi connectivity index (χ0n) is 15.0. The van der Waals surface area contributed by atoms with Crippen molar-refractivity contribution in [2.45, 2.75) is 32.5 Å². The zero-order valence-corrected chi connectivity index (χ0v) is 15.0. The van der Waals surface area contributed by atoms with Crippen molar-refractivity contribution in [3.05, 3.63) is 53.7 Å². The summed E-state index contributed by atoms with van der Waals surface area (Å²) in [6, 6.07) is 9.52. The molecule has 0 aliphatic carbocycles. The van der Waals surface area contributed by atoms with Crippen molar-refractivity contribution in [2.24, 2.45) is 0 Å². The van der Waals surface area contributed by atoms with Crippen LogP contribution in [0.2, 0.25) is 0 Å². The Kier molecular flexibility index (Phi) is 5.18. The number of carboxylic acid groups (broad SMARTS) is 1. The molecule has 0 saturated heterocycles. The van der Waals surface area contributed by atoms with Crippen LogP contribution >= 0.6 is 0 Å². The molecule has 0 bridgehead atoms. The molecule has 0 fully saturated rings. The first-order chi connectivity index (χ1) is 12.8. The van der Waals surface area contributed by atoms with Crippen molar-refractivity contribution in [3.8, 4) is 11.4 Å². The Hall–Kier alpha value is -3.26. The Morgan fingerprint density at radius 3 is 2.63 bits per heavy atom. The van der Waals surface area contributed by atoms with Gasteiger partial charge in [-0.3, -0.25) is 15.6 Å². The van der Waals surface area contributed by atoms with Crippen LogP contribution in [0.3, 0.4) is 0 Å². The highest BCUT2D eigenvalue weighted by Crippen LogP contribution is 2.31. The third-order valence-electron chi connectivity index (χ3n) is 4.01. The second kappa shape index (κ2) is 7.55. The van der Waals surface area contributed by atoms with E-state index in [9.17, 15) is 9.59 Å². The second-order valence-electron chi connectivity index (χ2n) is 6.70. The van der Waals surface area contributed by atoms with Gasteiger partial charge in [-0.2, -0.15) is 0 Å². The van der Waals surface area contributed by atoms with Crippen LogP contribution in [0, 0.1) is 0 Å². The maximum atomic E-state index is 11.7. The van der Waals surface area contributed by atoms with Gasteiger partial charge in [0.25, 0.3) is 5.91 Å². The summed E-state index contributed by atoms with van der Waals surface area (Å²) in [6.45, 7) is 4.29. The lowest BCUT2D eigenvalue weighted by atomic mass is 9.96. The molecule has 27 heavy (non-hydrogen) atoms. The highest BCUT2D eigenvalue weighted by Gasteiger charge is 2.30. The number of carbonyl (C=O) groups is 2. The van der Waals surface area contributed by atoms with Gasteiger partial charge in [-0.25, -0.2) is 14.8 Å². The normalized spacial score (nSPS) is 15.2. The maximum Gasteiger partial charge on any atom is 0.328 e. The van der Waals surface area contributed by atoms with Crippen LogP contribution < -0.4 is 10.9 Å². The van der Waals surface area contributed by atoms with Crippen molar-refractivity contribution in [1.29, 1.82) is 0 Å². The van der Waals surface area contributed by atoms with Crippen LogP contribution in [0.4, 0.5) is 5.82 Å². The lowest BCUT2D eigenvalue weighted by Gasteiger charge is -2.32. The van der Waals surface area contributed by atoms with Gasteiger partial charge in [0.2, 0.25) is 0 Å². The van der Waals surface area contributed by atoms with Gasteiger partial charge in [-0.05, 0) is 13.8 Å². The topological polar surface area (TPSA) is 113 Å². The number of nitrogens with zero attached hydrogens (tertiary/aromatic N) is 2. The average Bonchev–Trinajstić information content (AvgIpc) is 2.63. The van der Waals surface area contributed by atoms with Crippen molar-refractivity contribution in [3.63, 3.8) is 0 Å². The van der Waals surface area contributed by atoms with E-state index in [1.807, 2.05) is 44.2 Å². The molecule has 1 aliphatic heterocycles. The molecule has 1 aromatic carbocycles. The Bertz CT molecular complexity index is 894. The molecule has 1 aromatic heterocycles. The van der Waals surface area contributed by atoms with E-state index >= 15 is 0 Å². The minimum atomic E-state index is -1.20. The smallest absolute Gasteiger partial charge is 0.328 e. The summed E-state index contributed by atoms with van der Waals surface area (Å²) in [6.07, 6.45) is 2.28. The first-order valence-electron chi connectivity index (χ1n) is 8.40. The van der Waals surface area contributed by atoms with Crippen molar-refractivity contribution < 1.29 is 19.4 Å². The highest BCUT2D eigenvalue weighted by molar-refractivity contribution is 5.94. The molecule has 2 aromatic rings. The van der Waals surface area contributed by atoms with E-state index in [1.54, 1.807) is 0 Å². The van der Waals surface area contributed by atoms with Gasteiger partial charge in [-0.1, -0.05) is 30.3 Å². The first kappa shape index (κ1) is 18.5. The summed E-state index contributed by atoms with van der Waals surface area (Å²) in [4.78, 5) is 31.5. The summed E-state index contributed by atoms with van der Waals surface area (Å²) >= 11 is 0. The number of aliphatic carboxylic acids is 1. The number of aromatic nitrogens is 2. The molecule has 0 unspecified atom stereocenters. The number of carboxylic acids is 1. The lowest BCUT2D eigenvalue weighted by molar-refractivity contribution is -0.131. The molecular formula is C19H20N4O4. The van der Waals surface area contributed by atoms with Crippen LogP contribution in [0.25, 0.3) is 11.4 Å². The predicted octanol–water partition coefficient (Wildman–Crippen LogP) is 2.08. The number of benzene rings is 1. The third-order valence-corrected chi connectivity index (χ3v) is 4.01. The van der Waals surface area contributed by atoms with Crippen LogP contribution in [-0.4, -0.2) is 32.6 Å². The number of hydrogen-bond donors (Lipinski definition) is 3. The molecule has 2 heterocycles. The zero-order chi connectivity index (χ0) is 19.4. The SMILES string of the molecule is CC1(C)Cc2nc(-c3ccccc3)nc(NNC(=O)C=CC(=O)O)c2CO1. The molecule has 1 aliphatic rings. The van der Waals surface area contributed by atoms with Gasteiger partial charge in [0.15, 0.2) is 11.6 Å². The van der Waals surface area contributed by atoms with Crippen molar-refractivity contribution in [1.82, 2.24) is 15.4 Å². The summed E-state index contributed by atoms with van der Waals surface area (Å²) in [5.74, 6) is -0.856. The van der Waals surface area contributed by atoms with E-state index in [0.717, 1.165) is 29.0 Å². The minimum absolute atomic E-state index is 0.306. The Morgan fingerprint density at radius 1 is 1.19 bits per heavy atom. The van der Waals surface area contributed by atoms with E-state index in [1.165, 1.54) is 0 Å². The Morgan fingerprint density at radius 2 is 1.93 bits per heavy atom. The number of fused-ring (bicyclic) bond motifs is 1. The average molecular weight is 368 g/mol. The number of ether oxygens (including phenoxy) is 1. The molecule has 140 valence electrons. The fourth-order valence-corrected chi connectivity index (χ4v) is 2.68. The van der Waals surface area contributed by atoms with Crippen LogP contribution in [0.1, 0.15) is 25.1 Å². The summed E-state index contributed by atoms with van der Waals surface area (Å²) in [5, 5.41) is 8.59. The van der Waals surface area contributed by atoms with Gasteiger partial charge in [0.05, 0.1) is 17.9 Å². The Labute approximate surface area is 156 Å². The van der Waals surface area contributed by atoms with E-state index in [-0.39, 0.29) is 5.60 Å². The maximum absolute atomic E-state index is 11.7. The number of anilines is 1. The molecule has 3 N–H and O–H groups in total. The number of hydrazine groups is 1. The van der Waals surface area contributed by atoms with Gasteiger partial charge in [0, 0.05) is 29.7 Å². The summed E-state index contributed by atoms with van der Waals surface area (Å²) in [7, 11) is 0. The quantitative estimate of drug-likeness (QED) is 0.547. The minimum Gasteiger partial charge on any atom is -0.478 e.